The van der Waals surface area contributed by atoms with E-state index in [0.717, 1.165) is 18.5 Å². The lowest BCUT2D eigenvalue weighted by Gasteiger charge is -2.29. The first kappa shape index (κ1) is 12.2. The van der Waals surface area contributed by atoms with Crippen molar-refractivity contribution in [1.29, 1.82) is 0 Å². The first-order valence-corrected chi connectivity index (χ1v) is 5.31. The molecule has 0 saturated carbocycles. The third-order valence-electron chi connectivity index (χ3n) is 2.89. The monoisotopic (exact) mass is 211 g/mol. The van der Waals surface area contributed by atoms with Crippen molar-refractivity contribution < 1.29 is 4.74 Å². The molecule has 1 rings (SSSR count). The molecule has 4 nitrogen and oxygen atoms in total. The summed E-state index contributed by atoms with van der Waals surface area (Å²) in [5, 5.41) is 4.22. The molecule has 1 aromatic rings. The van der Waals surface area contributed by atoms with Gasteiger partial charge in [0, 0.05) is 25.9 Å². The number of ether oxygens (including phenoxy) is 1. The van der Waals surface area contributed by atoms with Crippen molar-refractivity contribution in [3.8, 4) is 0 Å². The summed E-state index contributed by atoms with van der Waals surface area (Å²) in [6.07, 6.45) is 4.70. The Hall–Kier alpha value is -0.870. The van der Waals surface area contributed by atoms with Gasteiger partial charge in [-0.05, 0) is 32.8 Å². The molecule has 0 fully saturated rings. The minimum atomic E-state index is -0.297. The molecule has 1 aromatic heterocycles. The number of rotatable bonds is 5. The zero-order valence-electron chi connectivity index (χ0n) is 10.0. The van der Waals surface area contributed by atoms with E-state index >= 15 is 0 Å². The standard InChI is InChI=1S/C11H21N3O/c1-5-14-8-9(7-13-14)6-10(12)11(2,3)15-4/h7-8,10H,5-6,12H2,1-4H3. The van der Waals surface area contributed by atoms with Gasteiger partial charge in [-0.15, -0.1) is 0 Å². The summed E-state index contributed by atoms with van der Waals surface area (Å²) in [5.41, 5.74) is 6.95. The molecule has 0 bridgehead atoms. The molecule has 0 aromatic carbocycles. The average Bonchev–Trinajstić information content (AvgIpc) is 2.65. The summed E-state index contributed by atoms with van der Waals surface area (Å²) in [4.78, 5) is 0. The number of methoxy groups -OCH3 is 1. The summed E-state index contributed by atoms with van der Waals surface area (Å²) in [5.74, 6) is 0. The molecular formula is C11H21N3O. The number of hydrogen-bond donors (Lipinski definition) is 1. The van der Waals surface area contributed by atoms with Crippen LogP contribution in [0.25, 0.3) is 0 Å². The lowest BCUT2D eigenvalue weighted by Crippen LogP contribution is -2.46. The molecule has 1 heterocycles. The molecule has 0 saturated heterocycles. The molecule has 1 atom stereocenters. The van der Waals surface area contributed by atoms with E-state index in [2.05, 4.69) is 12.0 Å². The molecule has 0 spiro atoms. The number of nitrogens with zero attached hydrogens (tertiary/aromatic N) is 2. The van der Waals surface area contributed by atoms with E-state index in [1.54, 1.807) is 7.11 Å². The largest absolute Gasteiger partial charge is 0.377 e. The molecule has 15 heavy (non-hydrogen) atoms. The van der Waals surface area contributed by atoms with E-state index < -0.39 is 0 Å². The Morgan fingerprint density at radius 3 is 2.73 bits per heavy atom. The van der Waals surface area contributed by atoms with Gasteiger partial charge in [0.05, 0.1) is 11.8 Å². The minimum absolute atomic E-state index is 0.0167. The highest BCUT2D eigenvalue weighted by atomic mass is 16.5. The van der Waals surface area contributed by atoms with Crippen LogP contribution in [0.4, 0.5) is 0 Å². The van der Waals surface area contributed by atoms with Gasteiger partial charge < -0.3 is 10.5 Å². The summed E-state index contributed by atoms with van der Waals surface area (Å²) in [6.45, 7) is 6.96. The maximum Gasteiger partial charge on any atom is 0.0776 e. The lowest BCUT2D eigenvalue weighted by atomic mass is 9.94. The Labute approximate surface area is 91.4 Å². The fraction of sp³-hybridized carbons (Fsp3) is 0.727. The Morgan fingerprint density at radius 1 is 1.60 bits per heavy atom. The van der Waals surface area contributed by atoms with E-state index in [4.69, 9.17) is 10.5 Å². The first-order chi connectivity index (χ1) is 6.99. The minimum Gasteiger partial charge on any atom is -0.377 e. The summed E-state index contributed by atoms with van der Waals surface area (Å²) < 4.78 is 7.26. The third-order valence-corrected chi connectivity index (χ3v) is 2.89. The van der Waals surface area contributed by atoms with Crippen LogP contribution in [0.1, 0.15) is 26.3 Å². The van der Waals surface area contributed by atoms with Crippen molar-refractivity contribution in [1.82, 2.24) is 9.78 Å². The SMILES string of the molecule is CCn1cc(CC(N)C(C)(C)OC)cn1. The molecule has 4 heteroatoms. The fourth-order valence-corrected chi connectivity index (χ4v) is 1.34. The van der Waals surface area contributed by atoms with Crippen LogP contribution >= 0.6 is 0 Å². The van der Waals surface area contributed by atoms with Gasteiger partial charge >= 0.3 is 0 Å². The summed E-state index contributed by atoms with van der Waals surface area (Å²) >= 11 is 0. The molecule has 0 radical (unpaired) electrons. The van der Waals surface area contributed by atoms with Crippen molar-refractivity contribution in [2.75, 3.05) is 7.11 Å². The van der Waals surface area contributed by atoms with Crippen LogP contribution in [-0.4, -0.2) is 28.5 Å². The maximum atomic E-state index is 6.08. The highest BCUT2D eigenvalue weighted by Gasteiger charge is 2.26. The molecule has 0 aliphatic rings. The van der Waals surface area contributed by atoms with E-state index in [-0.39, 0.29) is 11.6 Å². The van der Waals surface area contributed by atoms with Crippen LogP contribution in [0.15, 0.2) is 12.4 Å². The van der Waals surface area contributed by atoms with Gasteiger partial charge in [-0.3, -0.25) is 4.68 Å². The van der Waals surface area contributed by atoms with E-state index in [0.29, 0.717) is 0 Å². The average molecular weight is 211 g/mol. The van der Waals surface area contributed by atoms with Crippen LogP contribution in [0, 0.1) is 0 Å². The molecule has 2 N–H and O–H groups in total. The summed E-state index contributed by atoms with van der Waals surface area (Å²) in [7, 11) is 1.69. The van der Waals surface area contributed by atoms with Crippen molar-refractivity contribution in [3.05, 3.63) is 18.0 Å². The molecule has 86 valence electrons. The zero-order chi connectivity index (χ0) is 11.5. The number of hydrogen-bond acceptors (Lipinski definition) is 3. The maximum absolute atomic E-state index is 6.08. The lowest BCUT2D eigenvalue weighted by molar-refractivity contribution is 0.000802. The predicted octanol–water partition coefficient (Wildman–Crippen LogP) is 1.20. The number of aryl methyl sites for hydroxylation is 1. The quantitative estimate of drug-likeness (QED) is 0.796. The van der Waals surface area contributed by atoms with Gasteiger partial charge in [-0.25, -0.2) is 0 Å². The predicted molar refractivity (Wildman–Crippen MR) is 60.7 cm³/mol. The van der Waals surface area contributed by atoms with E-state index in [1.807, 2.05) is 30.9 Å². The molecule has 0 aliphatic heterocycles. The Bertz CT molecular complexity index is 307. The molecule has 1 unspecified atom stereocenters. The Balaban J connectivity index is 2.61. The number of nitrogens with two attached hydrogens (primary N) is 1. The molecular weight excluding hydrogens is 190 g/mol. The highest BCUT2D eigenvalue weighted by molar-refractivity contribution is 5.08. The molecule has 0 amide bonds. The van der Waals surface area contributed by atoms with Crippen LogP contribution < -0.4 is 5.73 Å². The highest BCUT2D eigenvalue weighted by Crippen LogP contribution is 2.15. The van der Waals surface area contributed by atoms with E-state index in [1.165, 1.54) is 0 Å². The van der Waals surface area contributed by atoms with Crippen molar-refractivity contribution in [3.63, 3.8) is 0 Å². The Kier molecular flexibility index (Phi) is 3.88. The Morgan fingerprint density at radius 2 is 2.27 bits per heavy atom. The number of aromatic nitrogens is 2. The van der Waals surface area contributed by atoms with Gasteiger partial charge in [0.1, 0.15) is 0 Å². The van der Waals surface area contributed by atoms with Crippen LogP contribution in [0.2, 0.25) is 0 Å². The third kappa shape index (κ3) is 3.04. The van der Waals surface area contributed by atoms with Gasteiger partial charge in [0.2, 0.25) is 0 Å². The van der Waals surface area contributed by atoms with E-state index in [9.17, 15) is 0 Å². The van der Waals surface area contributed by atoms with Crippen molar-refractivity contribution >= 4 is 0 Å². The topological polar surface area (TPSA) is 53.1 Å². The van der Waals surface area contributed by atoms with Gasteiger partial charge in [-0.1, -0.05) is 0 Å². The second-order valence-corrected chi connectivity index (χ2v) is 4.32. The van der Waals surface area contributed by atoms with Gasteiger partial charge in [0.15, 0.2) is 0 Å². The molecule has 0 aliphatic carbocycles. The van der Waals surface area contributed by atoms with Gasteiger partial charge in [-0.2, -0.15) is 5.10 Å². The second kappa shape index (κ2) is 4.77. The van der Waals surface area contributed by atoms with Crippen LogP contribution in [-0.2, 0) is 17.7 Å². The fourth-order valence-electron chi connectivity index (χ4n) is 1.34. The summed E-state index contributed by atoms with van der Waals surface area (Å²) in [6, 6.07) is -0.0167. The second-order valence-electron chi connectivity index (χ2n) is 4.32. The zero-order valence-corrected chi connectivity index (χ0v) is 10.0. The van der Waals surface area contributed by atoms with Crippen LogP contribution in [0.5, 0.6) is 0 Å². The van der Waals surface area contributed by atoms with Crippen molar-refractivity contribution in [2.45, 2.75) is 45.4 Å². The van der Waals surface area contributed by atoms with Gasteiger partial charge in [0.25, 0.3) is 0 Å². The first-order valence-electron chi connectivity index (χ1n) is 5.31. The smallest absolute Gasteiger partial charge is 0.0776 e. The normalized spacial score (nSPS) is 14.2. The van der Waals surface area contributed by atoms with Crippen molar-refractivity contribution in [2.24, 2.45) is 5.73 Å². The van der Waals surface area contributed by atoms with Crippen LogP contribution in [0.3, 0.4) is 0 Å².